The van der Waals surface area contributed by atoms with Crippen molar-refractivity contribution in [1.82, 2.24) is 15.2 Å². The Kier molecular flexibility index (Phi) is 4.91. The molecule has 0 radical (unpaired) electrons. The van der Waals surface area contributed by atoms with Gasteiger partial charge in [-0.1, -0.05) is 0 Å². The number of rotatable bonds is 2. The SMILES string of the molecule is O=C1CC(O)(C(F)(F)F)c2c(C3CCN(c4ccc(C(F)(F)F)cn4)CC3)n[nH]c2N1. The molecule has 1 amide bonds. The molecule has 4 heterocycles. The van der Waals surface area contributed by atoms with Gasteiger partial charge in [-0.25, -0.2) is 4.98 Å². The zero-order valence-corrected chi connectivity index (χ0v) is 15.8. The molecule has 0 bridgehead atoms. The summed E-state index contributed by atoms with van der Waals surface area (Å²) in [6.45, 7) is 0.642. The number of amides is 1. The fourth-order valence-corrected chi connectivity index (χ4v) is 4.03. The number of carbonyl (C=O) groups excluding carboxylic acids is 1. The van der Waals surface area contributed by atoms with Crippen LogP contribution in [0.5, 0.6) is 0 Å². The van der Waals surface area contributed by atoms with E-state index in [-0.39, 0.29) is 11.5 Å². The van der Waals surface area contributed by atoms with Crippen LogP contribution >= 0.6 is 0 Å². The summed E-state index contributed by atoms with van der Waals surface area (Å²) in [5, 5.41) is 19.0. The van der Waals surface area contributed by atoms with Gasteiger partial charge in [0.25, 0.3) is 0 Å². The number of aliphatic hydroxyl groups is 1. The summed E-state index contributed by atoms with van der Waals surface area (Å²) >= 11 is 0. The predicted molar refractivity (Wildman–Crippen MR) is 95.2 cm³/mol. The van der Waals surface area contributed by atoms with Crippen LogP contribution in [0.4, 0.5) is 38.0 Å². The number of fused-ring (bicyclic) bond motifs is 1. The molecule has 0 aliphatic carbocycles. The Morgan fingerprint density at radius 3 is 2.35 bits per heavy atom. The third kappa shape index (κ3) is 3.70. The maximum Gasteiger partial charge on any atom is 0.422 e. The molecule has 0 spiro atoms. The number of carbonyl (C=O) groups is 1. The van der Waals surface area contributed by atoms with Gasteiger partial charge in [0.1, 0.15) is 11.6 Å². The number of aromatic amines is 1. The molecule has 0 aromatic carbocycles. The Hall–Kier alpha value is -2.83. The van der Waals surface area contributed by atoms with Crippen LogP contribution in [0.25, 0.3) is 0 Å². The number of piperidine rings is 1. The second-order valence-electron chi connectivity index (χ2n) is 7.61. The molecule has 0 saturated carbocycles. The average molecular weight is 449 g/mol. The van der Waals surface area contributed by atoms with Crippen molar-refractivity contribution in [1.29, 1.82) is 0 Å². The minimum absolute atomic E-state index is 0.0230. The first-order valence-electron chi connectivity index (χ1n) is 9.36. The van der Waals surface area contributed by atoms with Gasteiger partial charge in [-0.2, -0.15) is 31.4 Å². The van der Waals surface area contributed by atoms with Crippen LogP contribution in [-0.4, -0.2) is 45.5 Å². The van der Waals surface area contributed by atoms with Crippen molar-refractivity contribution in [2.45, 2.75) is 43.1 Å². The Morgan fingerprint density at radius 1 is 1.13 bits per heavy atom. The number of H-pyrrole nitrogens is 1. The predicted octanol–water partition coefficient (Wildman–Crippen LogP) is 3.30. The molecule has 13 heteroatoms. The third-order valence-corrected chi connectivity index (χ3v) is 5.64. The average Bonchev–Trinajstić information content (AvgIpc) is 3.11. The molecule has 1 saturated heterocycles. The number of hydrogen-bond donors (Lipinski definition) is 3. The fourth-order valence-electron chi connectivity index (χ4n) is 4.03. The van der Waals surface area contributed by atoms with Gasteiger partial charge in [-0.15, -0.1) is 0 Å². The molecule has 4 rings (SSSR count). The molecule has 2 aliphatic rings. The van der Waals surface area contributed by atoms with E-state index < -0.39 is 47.3 Å². The van der Waals surface area contributed by atoms with E-state index in [1.165, 1.54) is 6.07 Å². The highest BCUT2D eigenvalue weighted by molar-refractivity contribution is 5.94. The minimum atomic E-state index is -5.08. The van der Waals surface area contributed by atoms with E-state index in [9.17, 15) is 36.2 Å². The molecule has 2 aromatic heterocycles. The lowest BCUT2D eigenvalue weighted by Gasteiger charge is -2.36. The van der Waals surface area contributed by atoms with E-state index in [1.807, 2.05) is 0 Å². The van der Waals surface area contributed by atoms with Crippen molar-refractivity contribution in [2.24, 2.45) is 0 Å². The second kappa shape index (κ2) is 7.11. The summed E-state index contributed by atoms with van der Waals surface area (Å²) in [6, 6.07) is 2.17. The summed E-state index contributed by atoms with van der Waals surface area (Å²) in [6.07, 6.45) is -9.34. The normalized spacial score (nSPS) is 22.9. The number of anilines is 2. The lowest BCUT2D eigenvalue weighted by molar-refractivity contribution is -0.267. The van der Waals surface area contributed by atoms with E-state index in [0.29, 0.717) is 31.7 Å². The monoisotopic (exact) mass is 449 g/mol. The number of halogens is 6. The Morgan fingerprint density at radius 2 is 1.81 bits per heavy atom. The summed E-state index contributed by atoms with van der Waals surface area (Å²) in [5.41, 5.74) is -4.68. The molecular formula is C18H17F6N5O2. The summed E-state index contributed by atoms with van der Waals surface area (Å²) < 4.78 is 79.0. The van der Waals surface area contributed by atoms with Gasteiger partial charge in [0, 0.05) is 25.2 Å². The molecule has 2 aromatic rings. The highest BCUT2D eigenvalue weighted by Gasteiger charge is 2.61. The largest absolute Gasteiger partial charge is 0.422 e. The maximum atomic E-state index is 13.6. The van der Waals surface area contributed by atoms with Gasteiger partial charge < -0.3 is 15.3 Å². The van der Waals surface area contributed by atoms with E-state index in [2.05, 4.69) is 20.5 Å². The molecule has 31 heavy (non-hydrogen) atoms. The molecule has 3 N–H and O–H groups in total. The Labute approximate surface area is 171 Å². The third-order valence-electron chi connectivity index (χ3n) is 5.64. The summed E-state index contributed by atoms with van der Waals surface area (Å²) in [7, 11) is 0. The first-order chi connectivity index (χ1) is 14.4. The molecule has 168 valence electrons. The van der Waals surface area contributed by atoms with Gasteiger partial charge in [0.05, 0.1) is 23.2 Å². The van der Waals surface area contributed by atoms with E-state index in [1.54, 1.807) is 4.90 Å². The van der Waals surface area contributed by atoms with Gasteiger partial charge >= 0.3 is 12.4 Å². The van der Waals surface area contributed by atoms with Crippen molar-refractivity contribution in [3.63, 3.8) is 0 Å². The van der Waals surface area contributed by atoms with Crippen LogP contribution < -0.4 is 10.2 Å². The van der Waals surface area contributed by atoms with Gasteiger partial charge in [0.2, 0.25) is 5.91 Å². The highest BCUT2D eigenvalue weighted by Crippen LogP contribution is 2.49. The number of pyridine rings is 1. The van der Waals surface area contributed by atoms with Crippen molar-refractivity contribution in [3.8, 4) is 0 Å². The van der Waals surface area contributed by atoms with Crippen molar-refractivity contribution in [2.75, 3.05) is 23.3 Å². The standard InChI is InChI=1S/C18H17F6N5O2/c19-17(20,21)10-1-2-11(25-8-10)29-5-3-9(4-6-29)14-13-15(28-27-14)26-12(30)7-16(13,31)18(22,23)24/h1-2,8-9,31H,3-7H2,(H2,26,27,28,30). The zero-order chi connectivity index (χ0) is 22.6. The van der Waals surface area contributed by atoms with Crippen molar-refractivity contribution < 1.29 is 36.2 Å². The highest BCUT2D eigenvalue weighted by atomic mass is 19.4. The van der Waals surface area contributed by atoms with E-state index >= 15 is 0 Å². The second-order valence-corrected chi connectivity index (χ2v) is 7.61. The maximum absolute atomic E-state index is 13.6. The molecule has 2 aliphatic heterocycles. The summed E-state index contributed by atoms with van der Waals surface area (Å²) in [4.78, 5) is 17.2. The Bertz CT molecular complexity index is 979. The van der Waals surface area contributed by atoms with Crippen molar-refractivity contribution >= 4 is 17.5 Å². The molecular weight excluding hydrogens is 432 g/mol. The number of alkyl halides is 6. The van der Waals surface area contributed by atoms with E-state index in [4.69, 9.17) is 0 Å². The number of hydrogen-bond acceptors (Lipinski definition) is 5. The zero-order valence-electron chi connectivity index (χ0n) is 15.8. The van der Waals surface area contributed by atoms with Crippen molar-refractivity contribution in [3.05, 3.63) is 35.2 Å². The van der Waals surface area contributed by atoms with Gasteiger partial charge in [-0.05, 0) is 25.0 Å². The lowest BCUT2D eigenvalue weighted by atomic mass is 9.81. The number of nitrogens with zero attached hydrogens (tertiary/aromatic N) is 3. The fraction of sp³-hybridized carbons (Fsp3) is 0.500. The number of aromatic nitrogens is 3. The van der Waals surface area contributed by atoms with Crippen LogP contribution in [0, 0.1) is 0 Å². The number of nitrogens with one attached hydrogen (secondary N) is 2. The first kappa shape index (κ1) is 21.4. The van der Waals surface area contributed by atoms with Crippen LogP contribution in [0.1, 0.15) is 42.0 Å². The first-order valence-corrected chi connectivity index (χ1v) is 9.36. The molecule has 1 unspecified atom stereocenters. The van der Waals surface area contributed by atoms with Gasteiger partial charge in [0.15, 0.2) is 5.60 Å². The van der Waals surface area contributed by atoms with Crippen LogP contribution in [0.15, 0.2) is 18.3 Å². The topological polar surface area (TPSA) is 94.1 Å². The molecule has 7 nitrogen and oxygen atoms in total. The lowest BCUT2D eigenvalue weighted by Crippen LogP contribution is -2.48. The van der Waals surface area contributed by atoms with E-state index in [0.717, 1.165) is 12.3 Å². The van der Waals surface area contributed by atoms with Gasteiger partial charge in [-0.3, -0.25) is 9.89 Å². The van der Waals surface area contributed by atoms with Crippen LogP contribution in [0.2, 0.25) is 0 Å². The minimum Gasteiger partial charge on any atom is -0.376 e. The summed E-state index contributed by atoms with van der Waals surface area (Å²) in [5.74, 6) is -1.38. The Balaban J connectivity index is 1.54. The molecule has 1 atom stereocenters. The smallest absolute Gasteiger partial charge is 0.376 e. The quantitative estimate of drug-likeness (QED) is 0.612. The van der Waals surface area contributed by atoms with Crippen LogP contribution in [-0.2, 0) is 16.6 Å². The van der Waals surface area contributed by atoms with Crippen LogP contribution in [0.3, 0.4) is 0 Å². The molecule has 1 fully saturated rings.